The summed E-state index contributed by atoms with van der Waals surface area (Å²) in [5.74, 6) is 0. The van der Waals surface area contributed by atoms with Gasteiger partial charge in [-0.25, -0.2) is 0 Å². The van der Waals surface area contributed by atoms with E-state index in [1.807, 2.05) is 6.07 Å². The second-order valence-corrected chi connectivity index (χ2v) is 5.86. The van der Waals surface area contributed by atoms with Gasteiger partial charge in [-0.3, -0.25) is 0 Å². The fraction of sp³-hybridized carbons (Fsp3) is 0.278. The van der Waals surface area contributed by atoms with E-state index < -0.39 is 42.2 Å². The Kier molecular flexibility index (Phi) is 5.82. The third-order valence-corrected chi connectivity index (χ3v) is 3.73. The number of nitrogens with two attached hydrogens (primary N) is 1. The molecular weight excluding hydrogens is 374 g/mol. The summed E-state index contributed by atoms with van der Waals surface area (Å²) >= 11 is 0. The summed E-state index contributed by atoms with van der Waals surface area (Å²) in [5.41, 5.74) is 1.56. The van der Waals surface area contributed by atoms with Gasteiger partial charge in [0.05, 0.1) is 30.4 Å². The number of ether oxygens (including phenoxy) is 1. The van der Waals surface area contributed by atoms with Crippen molar-refractivity contribution in [2.24, 2.45) is 5.73 Å². The molecule has 2 aromatic rings. The van der Waals surface area contributed by atoms with Crippen molar-refractivity contribution >= 4 is 0 Å². The minimum Gasteiger partial charge on any atom is -0.373 e. The van der Waals surface area contributed by atoms with Crippen LogP contribution in [0.15, 0.2) is 48.5 Å². The molecule has 0 saturated heterocycles. The molecule has 0 radical (unpaired) electrons. The van der Waals surface area contributed by atoms with Gasteiger partial charge < -0.3 is 10.5 Å². The molecule has 0 bridgehead atoms. The molecule has 1 atom stereocenters. The number of nitrogens with zero attached hydrogens (tertiary/aromatic N) is 1. The third-order valence-electron chi connectivity index (χ3n) is 3.73. The van der Waals surface area contributed by atoms with Crippen molar-refractivity contribution in [3.8, 4) is 6.07 Å². The van der Waals surface area contributed by atoms with Crippen molar-refractivity contribution < 1.29 is 31.1 Å². The van der Waals surface area contributed by atoms with Crippen molar-refractivity contribution in [3.05, 3.63) is 70.8 Å². The van der Waals surface area contributed by atoms with Crippen LogP contribution in [0.1, 0.15) is 22.3 Å². The summed E-state index contributed by atoms with van der Waals surface area (Å²) in [6.45, 7) is -0.981. The highest BCUT2D eigenvalue weighted by atomic mass is 19.4. The minimum absolute atomic E-state index is 0.0377. The fourth-order valence-electron chi connectivity index (χ4n) is 2.35. The number of hydrogen-bond acceptors (Lipinski definition) is 3. The van der Waals surface area contributed by atoms with Crippen molar-refractivity contribution in [1.29, 1.82) is 5.26 Å². The second kappa shape index (κ2) is 7.58. The number of halogens is 6. The Bertz CT molecular complexity index is 794. The van der Waals surface area contributed by atoms with Gasteiger partial charge >= 0.3 is 12.4 Å². The second-order valence-electron chi connectivity index (χ2n) is 5.86. The summed E-state index contributed by atoms with van der Waals surface area (Å²) in [5, 5.41) is 9.28. The van der Waals surface area contributed by atoms with Gasteiger partial charge in [0.1, 0.15) is 0 Å². The molecule has 0 fully saturated rings. The van der Waals surface area contributed by atoms with Gasteiger partial charge in [-0.15, -0.1) is 0 Å². The lowest BCUT2D eigenvalue weighted by molar-refractivity contribution is -0.143. The molecule has 2 N–H and O–H groups in total. The van der Waals surface area contributed by atoms with Gasteiger partial charge in [-0.05, 0) is 29.3 Å². The predicted octanol–water partition coefficient (Wildman–Crippen LogP) is 4.62. The van der Waals surface area contributed by atoms with E-state index in [0.717, 1.165) is 0 Å². The van der Waals surface area contributed by atoms with Crippen LogP contribution in [-0.4, -0.2) is 6.61 Å². The minimum atomic E-state index is -4.94. The molecule has 0 aliphatic heterocycles. The van der Waals surface area contributed by atoms with E-state index >= 15 is 0 Å². The van der Waals surface area contributed by atoms with Gasteiger partial charge in [0.15, 0.2) is 5.54 Å². The van der Waals surface area contributed by atoms with Crippen LogP contribution in [-0.2, 0) is 29.2 Å². The highest BCUT2D eigenvalue weighted by Crippen LogP contribution is 2.36. The zero-order valence-electron chi connectivity index (χ0n) is 13.7. The first-order chi connectivity index (χ1) is 12.5. The number of hydrogen-bond donors (Lipinski definition) is 1. The molecule has 0 spiro atoms. The topological polar surface area (TPSA) is 59.0 Å². The molecule has 0 aliphatic carbocycles. The highest BCUT2D eigenvalue weighted by Gasteiger charge is 2.37. The van der Waals surface area contributed by atoms with Crippen molar-refractivity contribution in [2.75, 3.05) is 6.61 Å². The van der Waals surface area contributed by atoms with Gasteiger partial charge in [-0.2, -0.15) is 31.6 Å². The Balaban J connectivity index is 2.21. The molecule has 27 heavy (non-hydrogen) atoms. The standard InChI is InChI=1S/C18H14F6N2O/c19-17(20,21)14-6-12(7-15(8-14)18(22,23)24)9-27-11-16(26,10-25)13-4-2-1-3-5-13/h1-8H,9,11,26H2. The fourth-order valence-corrected chi connectivity index (χ4v) is 2.35. The van der Waals surface area contributed by atoms with E-state index in [1.165, 1.54) is 0 Å². The average Bonchev–Trinajstić information content (AvgIpc) is 2.60. The molecule has 0 amide bonds. The van der Waals surface area contributed by atoms with Gasteiger partial charge in [-0.1, -0.05) is 30.3 Å². The summed E-state index contributed by atoms with van der Waals surface area (Å²) in [7, 11) is 0. The summed E-state index contributed by atoms with van der Waals surface area (Å²) < 4.78 is 82.3. The molecule has 2 rings (SSSR count). The smallest absolute Gasteiger partial charge is 0.373 e. The molecule has 0 heterocycles. The van der Waals surface area contributed by atoms with E-state index in [4.69, 9.17) is 10.5 Å². The number of benzene rings is 2. The lowest BCUT2D eigenvalue weighted by atomic mass is 9.94. The summed E-state index contributed by atoms with van der Waals surface area (Å²) in [4.78, 5) is 0. The van der Waals surface area contributed by atoms with Crippen LogP contribution in [0.25, 0.3) is 0 Å². The lowest BCUT2D eigenvalue weighted by Gasteiger charge is -2.22. The van der Waals surface area contributed by atoms with E-state index in [9.17, 15) is 31.6 Å². The normalized spacial score (nSPS) is 14.4. The van der Waals surface area contributed by atoms with E-state index in [2.05, 4.69) is 0 Å². The number of alkyl halides is 6. The first-order valence-electron chi connectivity index (χ1n) is 7.57. The predicted molar refractivity (Wildman–Crippen MR) is 84.0 cm³/mol. The largest absolute Gasteiger partial charge is 0.416 e. The molecule has 1 unspecified atom stereocenters. The summed E-state index contributed by atoms with van der Waals surface area (Å²) in [6.07, 6.45) is -9.88. The molecule has 144 valence electrons. The number of nitriles is 1. The Hall–Kier alpha value is -2.57. The Labute approximate surface area is 151 Å². The van der Waals surface area contributed by atoms with E-state index in [1.54, 1.807) is 30.3 Å². The third kappa shape index (κ3) is 5.21. The Morgan fingerprint density at radius 3 is 1.81 bits per heavy atom. The van der Waals surface area contributed by atoms with Crippen molar-refractivity contribution in [1.82, 2.24) is 0 Å². The SMILES string of the molecule is N#CC(N)(COCc1cc(C(F)(F)F)cc(C(F)(F)F)c1)c1ccccc1. The van der Waals surface area contributed by atoms with Crippen LogP contribution >= 0.6 is 0 Å². The monoisotopic (exact) mass is 388 g/mol. The summed E-state index contributed by atoms with van der Waals surface area (Å²) in [6, 6.07) is 11.1. The van der Waals surface area contributed by atoms with Gasteiger partial charge in [0.2, 0.25) is 0 Å². The van der Waals surface area contributed by atoms with Crippen LogP contribution < -0.4 is 5.73 Å². The maximum atomic E-state index is 12.9. The molecule has 2 aromatic carbocycles. The average molecular weight is 388 g/mol. The zero-order valence-corrected chi connectivity index (χ0v) is 13.7. The molecule has 0 aliphatic rings. The zero-order chi connectivity index (χ0) is 20.3. The molecular formula is C18H14F6N2O. The highest BCUT2D eigenvalue weighted by molar-refractivity contribution is 5.34. The van der Waals surface area contributed by atoms with Crippen LogP contribution in [0.2, 0.25) is 0 Å². The lowest BCUT2D eigenvalue weighted by Crippen LogP contribution is -2.39. The maximum absolute atomic E-state index is 12.9. The van der Waals surface area contributed by atoms with Crippen molar-refractivity contribution in [3.63, 3.8) is 0 Å². The Morgan fingerprint density at radius 1 is 0.852 bits per heavy atom. The quantitative estimate of drug-likeness (QED) is 0.761. The molecule has 0 saturated carbocycles. The van der Waals surface area contributed by atoms with Crippen LogP contribution in [0.5, 0.6) is 0 Å². The first kappa shape index (κ1) is 20.7. The maximum Gasteiger partial charge on any atom is 0.416 e. The Morgan fingerprint density at radius 2 is 1.37 bits per heavy atom. The number of rotatable bonds is 5. The van der Waals surface area contributed by atoms with Crippen LogP contribution in [0, 0.1) is 11.3 Å². The van der Waals surface area contributed by atoms with Crippen molar-refractivity contribution in [2.45, 2.75) is 24.5 Å². The molecule has 9 heteroatoms. The molecule has 0 aromatic heterocycles. The van der Waals surface area contributed by atoms with Crippen LogP contribution in [0.3, 0.4) is 0 Å². The first-order valence-corrected chi connectivity index (χ1v) is 7.57. The van der Waals surface area contributed by atoms with E-state index in [0.29, 0.717) is 17.7 Å². The van der Waals surface area contributed by atoms with Crippen LogP contribution in [0.4, 0.5) is 26.3 Å². The van der Waals surface area contributed by atoms with Gasteiger partial charge in [0.25, 0.3) is 0 Å². The molecule has 3 nitrogen and oxygen atoms in total. The van der Waals surface area contributed by atoms with E-state index in [-0.39, 0.29) is 11.6 Å². The van der Waals surface area contributed by atoms with Gasteiger partial charge in [0, 0.05) is 0 Å².